The number of hydrogen-bond donors (Lipinski definition) is 1. The molecule has 0 saturated carbocycles. The second-order valence-corrected chi connectivity index (χ2v) is 7.54. The zero-order chi connectivity index (χ0) is 18.0. The summed E-state index contributed by atoms with van der Waals surface area (Å²) in [5.74, 6) is 0.0367. The van der Waals surface area contributed by atoms with Gasteiger partial charge in [-0.3, -0.25) is 9.32 Å². The van der Waals surface area contributed by atoms with Gasteiger partial charge < -0.3 is 19.1 Å². The van der Waals surface area contributed by atoms with Crippen molar-refractivity contribution in [1.82, 2.24) is 0 Å². The largest absolute Gasteiger partial charge is 0.532 e. The summed E-state index contributed by atoms with van der Waals surface area (Å²) >= 11 is 0. The molecule has 2 aliphatic rings. The van der Waals surface area contributed by atoms with E-state index in [1.807, 2.05) is 25.1 Å². The van der Waals surface area contributed by atoms with Gasteiger partial charge in [0.25, 0.3) is 0 Å². The lowest BCUT2D eigenvalue weighted by molar-refractivity contribution is -0.213. The molecule has 0 bridgehead atoms. The average molecular weight is 372 g/mol. The van der Waals surface area contributed by atoms with E-state index in [1.54, 1.807) is 0 Å². The summed E-state index contributed by atoms with van der Waals surface area (Å²) in [5.41, 5.74) is 1.63. The normalized spacial score (nSPS) is 31.7. The van der Waals surface area contributed by atoms with Crippen molar-refractivity contribution in [3.8, 4) is 5.75 Å². The number of phosphoric ester groups is 1. The third kappa shape index (κ3) is 4.22. The molecule has 2 heterocycles. The van der Waals surface area contributed by atoms with Crippen LogP contribution in [-0.2, 0) is 34.5 Å². The Hall–Kier alpha value is -1.44. The molecule has 0 amide bonds. The summed E-state index contributed by atoms with van der Waals surface area (Å²) in [6.45, 7) is 2.89. The molecule has 1 unspecified atom stereocenters. The summed E-state index contributed by atoms with van der Waals surface area (Å²) in [4.78, 5) is 11.1. The summed E-state index contributed by atoms with van der Waals surface area (Å²) in [6, 6.07) is 5.54. The van der Waals surface area contributed by atoms with E-state index in [2.05, 4.69) is 0 Å². The van der Waals surface area contributed by atoms with Crippen molar-refractivity contribution in [2.75, 3.05) is 6.61 Å². The minimum Gasteiger partial charge on any atom is -0.460 e. The fraction of sp³-hybridized carbons (Fsp3) is 0.562. The maximum absolute atomic E-state index is 12.8. The lowest BCUT2D eigenvalue weighted by Gasteiger charge is -2.36. The highest BCUT2D eigenvalue weighted by Gasteiger charge is 2.41. The first-order valence-electron chi connectivity index (χ1n) is 8.05. The first-order valence-corrected chi connectivity index (χ1v) is 9.51. The molecule has 0 radical (unpaired) electrons. The number of ether oxygens (including phenoxy) is 2. The number of rotatable bonds is 4. The summed E-state index contributed by atoms with van der Waals surface area (Å²) in [5, 5.41) is 9.43. The molecular weight excluding hydrogens is 351 g/mol. The van der Waals surface area contributed by atoms with Crippen LogP contribution in [0.25, 0.3) is 0 Å². The Balaban J connectivity index is 1.66. The number of para-hydroxylation sites is 1. The molecule has 1 N–H and O–H groups in total. The summed E-state index contributed by atoms with van der Waals surface area (Å²) < 4.78 is 39.7. The van der Waals surface area contributed by atoms with Crippen LogP contribution in [0.1, 0.15) is 30.9 Å². The number of fused-ring (bicyclic) bond motifs is 1. The van der Waals surface area contributed by atoms with Gasteiger partial charge in [0.1, 0.15) is 18.0 Å². The highest BCUT2D eigenvalue weighted by atomic mass is 31.2. The monoisotopic (exact) mass is 372 g/mol. The lowest BCUT2D eigenvalue weighted by Crippen LogP contribution is -2.44. The Morgan fingerprint density at radius 3 is 2.92 bits per heavy atom. The predicted molar refractivity (Wildman–Crippen MR) is 85.8 cm³/mol. The van der Waals surface area contributed by atoms with Crippen molar-refractivity contribution < 1.29 is 37.5 Å². The van der Waals surface area contributed by atoms with Crippen LogP contribution in [0.4, 0.5) is 0 Å². The van der Waals surface area contributed by atoms with Gasteiger partial charge in [-0.15, -0.1) is 0 Å². The summed E-state index contributed by atoms with van der Waals surface area (Å²) in [7, 11) is -3.84. The fourth-order valence-electron chi connectivity index (χ4n) is 2.86. The number of aryl methyl sites for hydroxylation is 1. The molecule has 3 rings (SSSR count). The fourth-order valence-corrected chi connectivity index (χ4v) is 4.24. The van der Waals surface area contributed by atoms with E-state index in [0.29, 0.717) is 18.6 Å². The molecule has 0 aromatic heterocycles. The standard InChI is InChI=1S/C16H21O8P/c1-10-4-3-5-12-9-20-25(19,24-16(10)12)23-15-7-6-13(21-11(2)18)14(8-17)22-15/h3-5,13-15,17H,6-9H2,1-2H3/t13-,14+,15+,25?/m0/s1. The Morgan fingerprint density at radius 2 is 2.20 bits per heavy atom. The zero-order valence-corrected chi connectivity index (χ0v) is 14.9. The number of phosphoric acid groups is 1. The molecule has 25 heavy (non-hydrogen) atoms. The number of carbonyl (C=O) groups excluding carboxylic acids is 1. The SMILES string of the molecule is CC(=O)O[C@H]1CC[C@@H](OP2(=O)OCc3cccc(C)c3O2)O[C@@H]1CO. The van der Waals surface area contributed by atoms with Crippen LogP contribution in [0.15, 0.2) is 18.2 Å². The van der Waals surface area contributed by atoms with E-state index >= 15 is 0 Å². The van der Waals surface area contributed by atoms with Crippen molar-refractivity contribution >= 4 is 13.8 Å². The van der Waals surface area contributed by atoms with Crippen molar-refractivity contribution in [3.63, 3.8) is 0 Å². The number of aliphatic hydroxyl groups excluding tert-OH is 1. The van der Waals surface area contributed by atoms with Crippen LogP contribution >= 0.6 is 7.82 Å². The molecule has 0 spiro atoms. The highest BCUT2D eigenvalue weighted by Crippen LogP contribution is 2.56. The summed E-state index contributed by atoms with van der Waals surface area (Å²) in [6.07, 6.45) is -1.48. The van der Waals surface area contributed by atoms with Crippen molar-refractivity contribution in [3.05, 3.63) is 29.3 Å². The van der Waals surface area contributed by atoms with Crippen LogP contribution in [0.5, 0.6) is 5.75 Å². The van der Waals surface area contributed by atoms with Crippen molar-refractivity contribution in [2.24, 2.45) is 0 Å². The number of esters is 1. The number of hydrogen-bond acceptors (Lipinski definition) is 8. The van der Waals surface area contributed by atoms with Gasteiger partial charge in [0.15, 0.2) is 6.29 Å². The van der Waals surface area contributed by atoms with Gasteiger partial charge in [0.05, 0.1) is 13.2 Å². The Bertz CT molecular complexity index is 691. The average Bonchev–Trinajstić information content (AvgIpc) is 2.56. The number of benzene rings is 1. The molecule has 138 valence electrons. The topological polar surface area (TPSA) is 101 Å². The van der Waals surface area contributed by atoms with Crippen molar-refractivity contribution in [2.45, 2.75) is 51.8 Å². The quantitative estimate of drug-likeness (QED) is 0.635. The smallest absolute Gasteiger partial charge is 0.460 e. The van der Waals surface area contributed by atoms with Gasteiger partial charge in [-0.1, -0.05) is 18.2 Å². The van der Waals surface area contributed by atoms with E-state index in [-0.39, 0.29) is 13.2 Å². The maximum atomic E-state index is 12.8. The van der Waals surface area contributed by atoms with Crippen molar-refractivity contribution in [1.29, 1.82) is 0 Å². The van der Waals surface area contributed by atoms with Crippen LogP contribution in [0.3, 0.4) is 0 Å². The molecular formula is C16H21O8P. The molecule has 8 nitrogen and oxygen atoms in total. The maximum Gasteiger partial charge on any atom is 0.532 e. The molecule has 1 aromatic rings. The molecule has 1 fully saturated rings. The van der Waals surface area contributed by atoms with Gasteiger partial charge in [-0.25, -0.2) is 9.09 Å². The van der Waals surface area contributed by atoms with E-state index in [4.69, 9.17) is 23.0 Å². The number of aliphatic hydroxyl groups is 1. The van der Waals surface area contributed by atoms with Crippen LogP contribution in [0.2, 0.25) is 0 Å². The molecule has 4 atom stereocenters. The first-order chi connectivity index (χ1) is 11.9. The van der Waals surface area contributed by atoms with E-state index in [0.717, 1.165) is 11.1 Å². The lowest BCUT2D eigenvalue weighted by atomic mass is 10.1. The molecule has 0 aliphatic carbocycles. The van der Waals surface area contributed by atoms with Gasteiger partial charge >= 0.3 is 13.8 Å². The third-order valence-electron chi connectivity index (χ3n) is 4.05. The predicted octanol–water partition coefficient (Wildman–Crippen LogP) is 2.46. The third-order valence-corrected chi connectivity index (χ3v) is 5.39. The van der Waals surface area contributed by atoms with Gasteiger partial charge in [-0.05, 0) is 18.9 Å². The first kappa shape index (κ1) is 18.4. The Kier molecular flexibility index (Phi) is 5.46. The number of carbonyl (C=O) groups is 1. The van der Waals surface area contributed by atoms with Gasteiger partial charge in [-0.2, -0.15) is 0 Å². The van der Waals surface area contributed by atoms with Crippen LogP contribution < -0.4 is 4.52 Å². The minimum absolute atomic E-state index is 0.112. The molecule has 1 saturated heterocycles. The van der Waals surface area contributed by atoms with E-state index in [1.165, 1.54) is 6.92 Å². The van der Waals surface area contributed by atoms with E-state index < -0.39 is 32.3 Å². The minimum atomic E-state index is -3.84. The second kappa shape index (κ2) is 7.43. The Labute approximate surface area is 145 Å². The van der Waals surface area contributed by atoms with Crippen LogP contribution in [0, 0.1) is 6.92 Å². The van der Waals surface area contributed by atoms with Gasteiger partial charge in [0.2, 0.25) is 0 Å². The molecule has 1 aromatic carbocycles. The second-order valence-electron chi connectivity index (χ2n) is 5.99. The van der Waals surface area contributed by atoms with Gasteiger partial charge in [0, 0.05) is 18.9 Å². The van der Waals surface area contributed by atoms with Crippen LogP contribution in [-0.4, -0.2) is 36.2 Å². The Morgan fingerprint density at radius 1 is 1.40 bits per heavy atom. The van der Waals surface area contributed by atoms with E-state index in [9.17, 15) is 14.5 Å². The molecule has 9 heteroatoms. The molecule has 2 aliphatic heterocycles. The zero-order valence-electron chi connectivity index (χ0n) is 14.0. The highest BCUT2D eigenvalue weighted by molar-refractivity contribution is 7.49.